The first-order valence-corrected chi connectivity index (χ1v) is 11.2. The molecule has 2 aliphatic rings. The van der Waals surface area contributed by atoms with E-state index in [0.717, 1.165) is 5.70 Å². The van der Waals surface area contributed by atoms with E-state index >= 15 is 0 Å². The summed E-state index contributed by atoms with van der Waals surface area (Å²) < 4.78 is 37.4. The zero-order valence-corrected chi connectivity index (χ0v) is 20.1. The van der Waals surface area contributed by atoms with E-state index in [1.54, 1.807) is 43.0 Å². The van der Waals surface area contributed by atoms with Crippen molar-refractivity contribution in [2.45, 2.75) is 0 Å². The van der Waals surface area contributed by atoms with Gasteiger partial charge in [0, 0.05) is 22.1 Å². The molecule has 34 heavy (non-hydrogen) atoms. The molecule has 0 radical (unpaired) electrons. The number of ether oxygens (including phenoxy) is 4. The Balaban J connectivity index is 1.41. The number of rotatable bonds is 6. The second-order valence-electron chi connectivity index (χ2n) is 7.20. The van der Waals surface area contributed by atoms with Crippen molar-refractivity contribution in [3.8, 4) is 11.5 Å². The average molecular weight is 548 g/mol. The third kappa shape index (κ3) is 4.34. The van der Waals surface area contributed by atoms with E-state index < -0.39 is 5.82 Å². The third-order valence-corrected chi connectivity index (χ3v) is 6.36. The van der Waals surface area contributed by atoms with Crippen LogP contribution in [0.1, 0.15) is 0 Å². The first-order chi connectivity index (χ1) is 16.5. The monoisotopic (exact) mass is 546 g/mol. The number of benzene rings is 2. The van der Waals surface area contributed by atoms with E-state index in [9.17, 15) is 4.39 Å². The van der Waals surface area contributed by atoms with Crippen LogP contribution in [0.15, 0.2) is 71.4 Å². The van der Waals surface area contributed by atoms with Crippen LogP contribution in [0, 0.1) is 5.82 Å². The number of aromatic nitrogens is 2. The number of hydrogen-bond donors (Lipinski definition) is 1. The maximum absolute atomic E-state index is 14.6. The summed E-state index contributed by atoms with van der Waals surface area (Å²) in [6.45, 7) is 0.548. The molecule has 0 fully saturated rings. The molecule has 8 nitrogen and oxygen atoms in total. The second-order valence-corrected chi connectivity index (χ2v) is 8.43. The van der Waals surface area contributed by atoms with Gasteiger partial charge in [0.05, 0.1) is 35.2 Å². The minimum Gasteiger partial charge on any atom is -0.493 e. The lowest BCUT2D eigenvalue weighted by molar-refractivity contribution is 0.146. The molecule has 0 atom stereocenters. The summed E-state index contributed by atoms with van der Waals surface area (Å²) in [6, 6.07) is 6.68. The highest BCUT2D eigenvalue weighted by atomic mass is 79.9. The molecular weight excluding hydrogens is 531 g/mol. The minimum absolute atomic E-state index is 0.0222. The number of methoxy groups -OCH3 is 1. The quantitative estimate of drug-likeness (QED) is 0.386. The Morgan fingerprint density at radius 2 is 2.15 bits per heavy atom. The zero-order chi connectivity index (χ0) is 23.7. The summed E-state index contributed by atoms with van der Waals surface area (Å²) in [5, 5.41) is 3.57. The Morgan fingerprint density at radius 1 is 1.26 bits per heavy atom. The van der Waals surface area contributed by atoms with Gasteiger partial charge in [0.15, 0.2) is 23.1 Å². The van der Waals surface area contributed by atoms with Gasteiger partial charge in [-0.3, -0.25) is 0 Å². The van der Waals surface area contributed by atoms with Crippen LogP contribution in [0.2, 0.25) is 5.02 Å². The average Bonchev–Trinajstić information content (AvgIpc) is 2.87. The summed E-state index contributed by atoms with van der Waals surface area (Å²) in [5.74, 6) is 1.37. The molecule has 2 aliphatic heterocycles. The smallest absolute Gasteiger partial charge is 0.166 e. The Kier molecular flexibility index (Phi) is 6.16. The van der Waals surface area contributed by atoms with Gasteiger partial charge in [-0.2, -0.15) is 0 Å². The van der Waals surface area contributed by atoms with Crippen LogP contribution >= 0.6 is 27.5 Å². The Morgan fingerprint density at radius 3 is 3.00 bits per heavy atom. The summed E-state index contributed by atoms with van der Waals surface area (Å²) >= 11 is 9.22. The van der Waals surface area contributed by atoms with Gasteiger partial charge >= 0.3 is 0 Å². The molecule has 0 saturated heterocycles. The minimum atomic E-state index is -0.594. The number of halogens is 3. The van der Waals surface area contributed by atoms with Crippen LogP contribution in [-0.4, -0.2) is 35.2 Å². The largest absolute Gasteiger partial charge is 0.493 e. The van der Waals surface area contributed by atoms with Crippen molar-refractivity contribution < 1.29 is 23.3 Å². The number of nitrogens with one attached hydrogen (secondary N) is 1. The number of nitrogens with zero attached hydrogens (tertiary/aromatic N) is 3. The molecule has 0 unspecified atom stereocenters. The number of fused-ring (bicyclic) bond motifs is 2. The van der Waals surface area contributed by atoms with E-state index in [0.29, 0.717) is 45.1 Å². The van der Waals surface area contributed by atoms with E-state index in [1.807, 2.05) is 11.1 Å². The lowest BCUT2D eigenvalue weighted by Gasteiger charge is -2.28. The van der Waals surface area contributed by atoms with Crippen molar-refractivity contribution in [3.63, 3.8) is 0 Å². The molecule has 5 rings (SSSR count). The molecule has 174 valence electrons. The van der Waals surface area contributed by atoms with E-state index in [-0.39, 0.29) is 17.3 Å². The molecular formula is C23H17BrClFN4O4. The lowest BCUT2D eigenvalue weighted by atomic mass is 10.2. The van der Waals surface area contributed by atoms with E-state index in [2.05, 4.69) is 31.2 Å². The zero-order valence-electron chi connectivity index (χ0n) is 17.7. The molecule has 0 bridgehead atoms. The predicted molar refractivity (Wildman–Crippen MR) is 128 cm³/mol. The Bertz CT molecular complexity index is 1360. The van der Waals surface area contributed by atoms with Gasteiger partial charge in [-0.1, -0.05) is 11.6 Å². The van der Waals surface area contributed by atoms with Gasteiger partial charge < -0.3 is 29.2 Å². The molecule has 0 saturated carbocycles. The van der Waals surface area contributed by atoms with Gasteiger partial charge in [0.2, 0.25) is 0 Å². The predicted octanol–water partition coefficient (Wildman–Crippen LogP) is 5.83. The molecule has 11 heteroatoms. The summed E-state index contributed by atoms with van der Waals surface area (Å²) in [4.78, 5) is 10.5. The highest BCUT2D eigenvalue weighted by molar-refractivity contribution is 9.10. The van der Waals surface area contributed by atoms with Crippen molar-refractivity contribution in [3.05, 3.63) is 82.3 Å². The van der Waals surface area contributed by atoms with Crippen molar-refractivity contribution in [1.82, 2.24) is 14.9 Å². The highest BCUT2D eigenvalue weighted by Gasteiger charge is 2.19. The van der Waals surface area contributed by atoms with Crippen LogP contribution < -0.4 is 14.8 Å². The topological polar surface area (TPSA) is 78.0 Å². The third-order valence-electron chi connectivity index (χ3n) is 5.10. The van der Waals surface area contributed by atoms with Crippen LogP contribution in [0.5, 0.6) is 11.5 Å². The number of hydrogen-bond acceptors (Lipinski definition) is 8. The van der Waals surface area contributed by atoms with Gasteiger partial charge in [-0.15, -0.1) is 0 Å². The lowest BCUT2D eigenvalue weighted by Crippen LogP contribution is -2.24. The van der Waals surface area contributed by atoms with Crippen molar-refractivity contribution in [2.24, 2.45) is 0 Å². The number of anilines is 2. The summed E-state index contributed by atoms with van der Waals surface area (Å²) in [7, 11) is 1.53. The molecule has 0 aliphatic carbocycles. The van der Waals surface area contributed by atoms with Gasteiger partial charge in [0.1, 0.15) is 37.9 Å². The summed E-state index contributed by atoms with van der Waals surface area (Å²) in [6.07, 6.45) is 8.20. The fourth-order valence-corrected chi connectivity index (χ4v) is 3.85. The SMILES string of the molecule is COc1cc2c(Nc3ccc(Br)c(Cl)c3F)ncnc2cc1OCC1=CN2C=COC=C2CO1. The van der Waals surface area contributed by atoms with Gasteiger partial charge in [-0.25, -0.2) is 14.4 Å². The molecule has 3 aromatic rings. The molecule has 0 amide bonds. The second kappa shape index (κ2) is 9.40. The fourth-order valence-electron chi connectivity index (χ4n) is 3.38. The maximum atomic E-state index is 14.6. The Labute approximate surface area is 207 Å². The molecule has 1 aromatic heterocycles. The first-order valence-electron chi connectivity index (χ1n) is 10.0. The fraction of sp³-hybridized carbons (Fsp3) is 0.130. The highest BCUT2D eigenvalue weighted by Crippen LogP contribution is 2.37. The first kappa shape index (κ1) is 22.3. The molecule has 0 spiro atoms. The Hall–Kier alpha value is -3.50. The van der Waals surface area contributed by atoms with Crippen molar-refractivity contribution in [1.29, 1.82) is 0 Å². The maximum Gasteiger partial charge on any atom is 0.166 e. The van der Waals surface area contributed by atoms with Crippen LogP contribution in [0.25, 0.3) is 10.9 Å². The molecule has 2 aromatic carbocycles. The van der Waals surface area contributed by atoms with Crippen molar-refractivity contribution >= 4 is 49.9 Å². The summed E-state index contributed by atoms with van der Waals surface area (Å²) in [5.41, 5.74) is 1.64. The van der Waals surface area contributed by atoms with Crippen LogP contribution in [0.4, 0.5) is 15.9 Å². The van der Waals surface area contributed by atoms with Gasteiger partial charge in [0.25, 0.3) is 0 Å². The molecule has 1 N–H and O–H groups in total. The van der Waals surface area contributed by atoms with Gasteiger partial charge in [-0.05, 0) is 34.1 Å². The van der Waals surface area contributed by atoms with Crippen molar-refractivity contribution in [2.75, 3.05) is 25.6 Å². The standard InChI is InChI=1S/C23H17BrClFN4O4/c1-31-19-6-15-18(27-12-28-23(15)29-17-3-2-16(24)21(25)22(17)26)7-20(19)34-11-14-8-30-4-5-32-9-13(30)10-33-14/h2-9,12H,10-11H2,1H3,(H,27,28,29). The normalized spacial score (nSPS) is 14.5. The van der Waals surface area contributed by atoms with E-state index in [1.165, 1.54) is 13.4 Å². The molecule has 3 heterocycles. The van der Waals surface area contributed by atoms with Crippen LogP contribution in [0.3, 0.4) is 0 Å². The van der Waals surface area contributed by atoms with E-state index in [4.69, 9.17) is 30.5 Å². The van der Waals surface area contributed by atoms with Crippen LogP contribution in [-0.2, 0) is 9.47 Å².